The van der Waals surface area contributed by atoms with Crippen molar-refractivity contribution in [3.8, 4) is 11.6 Å². The summed E-state index contributed by atoms with van der Waals surface area (Å²) in [6.45, 7) is 0.249. The lowest BCUT2D eigenvalue weighted by Gasteiger charge is -2.10. The second kappa shape index (κ2) is 9.80. The number of aryl methyl sites for hydroxylation is 2. The second-order valence-corrected chi connectivity index (χ2v) is 9.02. The van der Waals surface area contributed by atoms with E-state index in [0.29, 0.717) is 21.6 Å². The Labute approximate surface area is 208 Å². The first-order chi connectivity index (χ1) is 15.5. The van der Waals surface area contributed by atoms with Crippen LogP contribution >= 0.6 is 35.6 Å². The quantitative estimate of drug-likeness (QED) is 0.306. The number of nitrogens with zero attached hydrogens (tertiary/aromatic N) is 3. The fourth-order valence-corrected chi connectivity index (χ4v) is 4.92. The third-order valence-electron chi connectivity index (χ3n) is 6.14. The van der Waals surface area contributed by atoms with Gasteiger partial charge in [-0.25, -0.2) is 4.98 Å². The minimum absolute atomic E-state index is 0. The monoisotopic (exact) mass is 503 g/mol. The molecule has 33 heavy (non-hydrogen) atoms. The molecule has 0 bridgehead atoms. The summed E-state index contributed by atoms with van der Waals surface area (Å²) in [7, 11) is 2.07. The molecule has 0 amide bonds. The van der Waals surface area contributed by atoms with Crippen LogP contribution < -0.4 is 10.3 Å². The molecule has 8 heteroatoms. The highest BCUT2D eigenvalue weighted by Crippen LogP contribution is 2.30. The zero-order valence-electron chi connectivity index (χ0n) is 18.2. The first-order valence-electron chi connectivity index (χ1n) is 10.8. The van der Waals surface area contributed by atoms with Gasteiger partial charge in [0.15, 0.2) is 0 Å². The van der Waals surface area contributed by atoms with Crippen molar-refractivity contribution in [2.24, 2.45) is 7.05 Å². The summed E-state index contributed by atoms with van der Waals surface area (Å²) in [4.78, 5) is 17.7. The van der Waals surface area contributed by atoms with Gasteiger partial charge in [0.2, 0.25) is 0 Å². The SMILES string of the molecule is Cl.Cn1c2c(c3ccc(-n4ccc(OCc5ccc(Cl)cc5Cl)cc4=O)nc31)CCCCC2. The molecule has 5 rings (SSSR count). The molecule has 1 aromatic carbocycles. The Bertz CT molecular complexity index is 1380. The van der Waals surface area contributed by atoms with Crippen LogP contribution in [-0.2, 0) is 26.5 Å². The molecule has 0 N–H and O–H groups in total. The summed E-state index contributed by atoms with van der Waals surface area (Å²) < 4.78 is 9.51. The van der Waals surface area contributed by atoms with Gasteiger partial charge in [0.1, 0.15) is 23.8 Å². The topological polar surface area (TPSA) is 49.0 Å². The van der Waals surface area contributed by atoms with Crippen molar-refractivity contribution < 1.29 is 4.74 Å². The van der Waals surface area contributed by atoms with E-state index in [0.717, 1.165) is 24.1 Å². The molecule has 0 saturated carbocycles. The maximum atomic E-state index is 12.8. The molecular weight excluding hydrogens is 481 g/mol. The van der Waals surface area contributed by atoms with Crippen molar-refractivity contribution in [1.29, 1.82) is 0 Å². The van der Waals surface area contributed by atoms with E-state index in [2.05, 4.69) is 17.7 Å². The number of hydrogen-bond donors (Lipinski definition) is 0. The molecule has 172 valence electrons. The van der Waals surface area contributed by atoms with Crippen molar-refractivity contribution >= 4 is 46.6 Å². The van der Waals surface area contributed by atoms with Crippen LogP contribution in [0, 0.1) is 0 Å². The molecule has 5 nitrogen and oxygen atoms in total. The highest BCUT2D eigenvalue weighted by atomic mass is 35.5. The molecular formula is C25H24Cl3N3O2. The summed E-state index contributed by atoms with van der Waals surface area (Å²) in [5, 5.41) is 2.30. The van der Waals surface area contributed by atoms with Crippen LogP contribution in [0.2, 0.25) is 10.0 Å². The maximum absolute atomic E-state index is 12.8. The zero-order chi connectivity index (χ0) is 22.2. The molecule has 0 fully saturated rings. The fourth-order valence-electron chi connectivity index (χ4n) is 4.46. The molecule has 0 unspecified atom stereocenters. The summed E-state index contributed by atoms with van der Waals surface area (Å²) in [5.74, 6) is 1.08. The largest absolute Gasteiger partial charge is 0.489 e. The molecule has 3 heterocycles. The van der Waals surface area contributed by atoms with Crippen LogP contribution in [0.5, 0.6) is 5.75 Å². The van der Waals surface area contributed by atoms with Gasteiger partial charge < -0.3 is 9.30 Å². The Kier molecular flexibility index (Phi) is 7.03. The van der Waals surface area contributed by atoms with E-state index in [1.165, 1.54) is 42.0 Å². The lowest BCUT2D eigenvalue weighted by molar-refractivity contribution is 0.305. The Morgan fingerprint density at radius 3 is 2.64 bits per heavy atom. The van der Waals surface area contributed by atoms with E-state index in [9.17, 15) is 4.79 Å². The van der Waals surface area contributed by atoms with E-state index in [4.69, 9.17) is 32.9 Å². The van der Waals surface area contributed by atoms with E-state index < -0.39 is 0 Å². The Morgan fingerprint density at radius 1 is 1.03 bits per heavy atom. The van der Waals surface area contributed by atoms with Gasteiger partial charge in [0, 0.05) is 46.0 Å². The Morgan fingerprint density at radius 2 is 1.85 bits per heavy atom. The van der Waals surface area contributed by atoms with E-state index in [-0.39, 0.29) is 24.6 Å². The van der Waals surface area contributed by atoms with Gasteiger partial charge in [0.25, 0.3) is 5.56 Å². The molecule has 3 aromatic heterocycles. The summed E-state index contributed by atoms with van der Waals surface area (Å²) in [6, 6.07) is 12.5. The number of fused-ring (bicyclic) bond motifs is 3. The van der Waals surface area contributed by atoms with Crippen LogP contribution in [-0.4, -0.2) is 14.1 Å². The zero-order valence-corrected chi connectivity index (χ0v) is 20.5. The van der Waals surface area contributed by atoms with Gasteiger partial charge in [-0.15, -0.1) is 12.4 Å². The third-order valence-corrected chi connectivity index (χ3v) is 6.73. The van der Waals surface area contributed by atoms with Gasteiger partial charge >= 0.3 is 0 Å². The van der Waals surface area contributed by atoms with Crippen LogP contribution in [0.25, 0.3) is 16.9 Å². The molecule has 0 aliphatic heterocycles. The molecule has 0 atom stereocenters. The minimum Gasteiger partial charge on any atom is -0.489 e. The highest BCUT2D eigenvalue weighted by molar-refractivity contribution is 6.35. The molecule has 0 spiro atoms. The van der Waals surface area contributed by atoms with Gasteiger partial charge in [-0.1, -0.05) is 35.7 Å². The van der Waals surface area contributed by atoms with Crippen LogP contribution in [0.4, 0.5) is 0 Å². The average Bonchev–Trinajstić information content (AvgIpc) is 2.93. The van der Waals surface area contributed by atoms with E-state index in [1.807, 2.05) is 12.1 Å². The van der Waals surface area contributed by atoms with Gasteiger partial charge in [-0.05, 0) is 61.6 Å². The van der Waals surface area contributed by atoms with Crippen molar-refractivity contribution in [2.75, 3.05) is 0 Å². The fraction of sp³-hybridized carbons (Fsp3) is 0.280. The third kappa shape index (κ3) is 4.63. The highest BCUT2D eigenvalue weighted by Gasteiger charge is 2.18. The lowest BCUT2D eigenvalue weighted by Crippen LogP contribution is -2.18. The number of halogens is 3. The predicted octanol–water partition coefficient (Wildman–Crippen LogP) is 6.30. The van der Waals surface area contributed by atoms with Crippen LogP contribution in [0.3, 0.4) is 0 Å². The summed E-state index contributed by atoms with van der Waals surface area (Å²) in [6.07, 6.45) is 7.58. The number of aromatic nitrogens is 3. The van der Waals surface area contributed by atoms with Gasteiger partial charge in [-0.3, -0.25) is 9.36 Å². The van der Waals surface area contributed by atoms with E-state index in [1.54, 1.807) is 29.0 Å². The normalized spacial score (nSPS) is 13.3. The predicted molar refractivity (Wildman–Crippen MR) is 136 cm³/mol. The Hall–Kier alpha value is -2.47. The molecule has 0 radical (unpaired) electrons. The van der Waals surface area contributed by atoms with Crippen LogP contribution in [0.1, 0.15) is 36.1 Å². The maximum Gasteiger partial charge on any atom is 0.259 e. The number of rotatable bonds is 4. The van der Waals surface area contributed by atoms with Crippen molar-refractivity contribution in [3.05, 3.63) is 85.9 Å². The van der Waals surface area contributed by atoms with Gasteiger partial charge in [0.05, 0.1) is 0 Å². The van der Waals surface area contributed by atoms with Crippen molar-refractivity contribution in [1.82, 2.24) is 14.1 Å². The van der Waals surface area contributed by atoms with Crippen molar-refractivity contribution in [2.45, 2.75) is 38.7 Å². The van der Waals surface area contributed by atoms with E-state index >= 15 is 0 Å². The molecule has 0 saturated heterocycles. The summed E-state index contributed by atoms with van der Waals surface area (Å²) in [5.41, 5.74) is 4.32. The number of ether oxygens (including phenoxy) is 1. The van der Waals surface area contributed by atoms with Crippen molar-refractivity contribution in [3.63, 3.8) is 0 Å². The standard InChI is InChI=1S/C25H23Cl2N3O2.ClH/c1-29-22-6-4-2-3-5-19(22)20-9-10-23(28-25(20)29)30-12-11-18(14-24(30)31)32-15-16-7-8-17(26)13-21(16)27;/h7-14H,2-6,15H2,1H3;1H. The number of pyridine rings is 2. The average molecular weight is 505 g/mol. The molecule has 1 aliphatic carbocycles. The smallest absolute Gasteiger partial charge is 0.259 e. The summed E-state index contributed by atoms with van der Waals surface area (Å²) >= 11 is 12.1. The second-order valence-electron chi connectivity index (χ2n) is 8.18. The Balaban J connectivity index is 0.00000259. The molecule has 4 aromatic rings. The van der Waals surface area contributed by atoms with Gasteiger partial charge in [-0.2, -0.15) is 0 Å². The first-order valence-corrected chi connectivity index (χ1v) is 11.5. The number of benzene rings is 1. The number of hydrogen-bond acceptors (Lipinski definition) is 3. The lowest BCUT2D eigenvalue weighted by atomic mass is 10.1. The first kappa shape index (κ1) is 23.7. The van der Waals surface area contributed by atoms with Crippen LogP contribution in [0.15, 0.2) is 53.5 Å². The minimum atomic E-state index is -0.202. The molecule has 1 aliphatic rings.